The molecule has 0 spiro atoms. The van der Waals surface area contributed by atoms with Crippen molar-refractivity contribution in [1.29, 1.82) is 0 Å². The fraction of sp³-hybridized carbons (Fsp3) is 0.500. The molecule has 1 aromatic carbocycles. The van der Waals surface area contributed by atoms with E-state index in [1.807, 2.05) is 6.92 Å². The molecule has 0 fully saturated rings. The number of aliphatic hydroxyl groups is 1. The van der Waals surface area contributed by atoms with Crippen molar-refractivity contribution in [2.45, 2.75) is 38.7 Å². The lowest BCUT2D eigenvalue weighted by atomic mass is 10.0. The van der Waals surface area contributed by atoms with Crippen LogP contribution in [0.1, 0.15) is 30.5 Å². The van der Waals surface area contributed by atoms with Crippen LogP contribution < -0.4 is 0 Å². The average molecular weight is 176 g/mol. The highest BCUT2D eigenvalue weighted by Gasteiger charge is 2.29. The maximum atomic E-state index is 9.88. The van der Waals surface area contributed by atoms with Gasteiger partial charge in [-0.25, -0.2) is 0 Å². The second-order valence-corrected chi connectivity index (χ2v) is 4.31. The highest BCUT2D eigenvalue weighted by Crippen LogP contribution is 2.30. The largest absolute Gasteiger partial charge is 0.389 e. The Balaban J connectivity index is 2.36. The fourth-order valence-electron chi connectivity index (χ4n) is 2.12. The zero-order chi connectivity index (χ0) is 9.47. The topological polar surface area (TPSA) is 20.2 Å². The Morgan fingerprint density at radius 1 is 1.31 bits per heavy atom. The zero-order valence-corrected chi connectivity index (χ0v) is 8.30. The molecule has 13 heavy (non-hydrogen) atoms. The van der Waals surface area contributed by atoms with Crippen LogP contribution in [0.2, 0.25) is 0 Å². The number of benzene rings is 1. The van der Waals surface area contributed by atoms with Gasteiger partial charge in [-0.15, -0.1) is 0 Å². The maximum Gasteiger partial charge on any atom is 0.0700 e. The summed E-state index contributed by atoms with van der Waals surface area (Å²) in [7, 11) is 0. The van der Waals surface area contributed by atoms with Gasteiger partial charge in [0.25, 0.3) is 0 Å². The Kier molecular flexibility index (Phi) is 1.92. The predicted molar refractivity (Wildman–Crippen MR) is 53.9 cm³/mol. The Morgan fingerprint density at radius 3 is 2.69 bits per heavy atom. The third-order valence-electron chi connectivity index (χ3n) is 2.82. The van der Waals surface area contributed by atoms with E-state index in [1.165, 1.54) is 16.7 Å². The van der Waals surface area contributed by atoms with Crippen LogP contribution in [0.15, 0.2) is 18.2 Å². The number of fused-ring (bicyclic) bond motifs is 1. The van der Waals surface area contributed by atoms with E-state index in [0.717, 1.165) is 19.3 Å². The molecular formula is C12H16O. The van der Waals surface area contributed by atoms with Crippen LogP contribution in [0.4, 0.5) is 0 Å². The van der Waals surface area contributed by atoms with E-state index < -0.39 is 5.60 Å². The molecule has 1 atom stereocenters. The van der Waals surface area contributed by atoms with Gasteiger partial charge < -0.3 is 5.11 Å². The van der Waals surface area contributed by atoms with Gasteiger partial charge in [-0.1, -0.05) is 25.1 Å². The smallest absolute Gasteiger partial charge is 0.0700 e. The van der Waals surface area contributed by atoms with Gasteiger partial charge in [-0.2, -0.15) is 0 Å². The second kappa shape index (κ2) is 2.85. The van der Waals surface area contributed by atoms with Crippen molar-refractivity contribution in [3.8, 4) is 0 Å². The van der Waals surface area contributed by atoms with E-state index in [2.05, 4.69) is 25.1 Å². The number of hydrogen-bond acceptors (Lipinski definition) is 1. The Morgan fingerprint density at radius 2 is 2.00 bits per heavy atom. The van der Waals surface area contributed by atoms with Crippen LogP contribution in [0.5, 0.6) is 0 Å². The minimum atomic E-state index is -0.505. The first-order chi connectivity index (χ1) is 6.11. The lowest BCUT2D eigenvalue weighted by Gasteiger charge is -2.13. The van der Waals surface area contributed by atoms with Crippen LogP contribution in [-0.4, -0.2) is 10.7 Å². The summed E-state index contributed by atoms with van der Waals surface area (Å²) >= 11 is 0. The van der Waals surface area contributed by atoms with Crippen molar-refractivity contribution in [3.63, 3.8) is 0 Å². The van der Waals surface area contributed by atoms with Crippen molar-refractivity contribution in [1.82, 2.24) is 0 Å². The highest BCUT2D eigenvalue weighted by molar-refractivity contribution is 5.38. The van der Waals surface area contributed by atoms with Gasteiger partial charge in [0.1, 0.15) is 0 Å². The van der Waals surface area contributed by atoms with E-state index in [9.17, 15) is 5.11 Å². The summed E-state index contributed by atoms with van der Waals surface area (Å²) in [5, 5.41) is 9.88. The summed E-state index contributed by atoms with van der Waals surface area (Å²) in [4.78, 5) is 0. The van der Waals surface area contributed by atoms with Crippen LogP contribution in [0.3, 0.4) is 0 Å². The van der Waals surface area contributed by atoms with Gasteiger partial charge >= 0.3 is 0 Å². The fourth-order valence-corrected chi connectivity index (χ4v) is 2.12. The Labute approximate surface area is 79.4 Å². The monoisotopic (exact) mass is 176 g/mol. The number of rotatable bonds is 1. The molecule has 1 unspecified atom stereocenters. The molecule has 2 rings (SSSR count). The van der Waals surface area contributed by atoms with E-state index in [4.69, 9.17) is 0 Å². The molecule has 0 saturated carbocycles. The summed E-state index contributed by atoms with van der Waals surface area (Å²) in [5.41, 5.74) is 3.53. The van der Waals surface area contributed by atoms with Crippen LogP contribution in [0, 0.1) is 0 Å². The lowest BCUT2D eigenvalue weighted by molar-refractivity contribution is 0.0719. The second-order valence-electron chi connectivity index (χ2n) is 4.31. The van der Waals surface area contributed by atoms with Gasteiger partial charge in [0.2, 0.25) is 0 Å². The van der Waals surface area contributed by atoms with Crippen molar-refractivity contribution >= 4 is 0 Å². The van der Waals surface area contributed by atoms with Crippen LogP contribution in [0.25, 0.3) is 0 Å². The highest BCUT2D eigenvalue weighted by atomic mass is 16.3. The first-order valence-electron chi connectivity index (χ1n) is 4.94. The SMILES string of the molecule is CCc1ccc2c(c1)CC(C)(O)C2. The molecule has 1 aliphatic carbocycles. The molecule has 1 aromatic rings. The first-order valence-corrected chi connectivity index (χ1v) is 4.94. The van der Waals surface area contributed by atoms with E-state index >= 15 is 0 Å². The molecule has 0 amide bonds. The van der Waals surface area contributed by atoms with Crippen molar-refractivity contribution in [2.24, 2.45) is 0 Å². The molecule has 0 radical (unpaired) electrons. The van der Waals surface area contributed by atoms with E-state index in [1.54, 1.807) is 0 Å². The Hall–Kier alpha value is -0.820. The van der Waals surface area contributed by atoms with E-state index in [0.29, 0.717) is 0 Å². The van der Waals surface area contributed by atoms with Gasteiger partial charge in [0, 0.05) is 12.8 Å². The van der Waals surface area contributed by atoms with Crippen molar-refractivity contribution in [2.75, 3.05) is 0 Å². The van der Waals surface area contributed by atoms with Gasteiger partial charge in [-0.05, 0) is 30.0 Å². The van der Waals surface area contributed by atoms with Gasteiger partial charge in [0.05, 0.1) is 5.60 Å². The molecule has 1 aliphatic rings. The maximum absolute atomic E-state index is 9.88. The zero-order valence-electron chi connectivity index (χ0n) is 8.30. The molecule has 0 heterocycles. The quantitative estimate of drug-likeness (QED) is 0.694. The van der Waals surface area contributed by atoms with E-state index in [-0.39, 0.29) is 0 Å². The molecule has 0 aliphatic heterocycles. The molecule has 70 valence electrons. The average Bonchev–Trinajstić information content (AvgIpc) is 2.36. The van der Waals surface area contributed by atoms with Gasteiger partial charge in [-0.3, -0.25) is 0 Å². The minimum Gasteiger partial charge on any atom is -0.389 e. The molecule has 1 heteroatoms. The van der Waals surface area contributed by atoms with Crippen LogP contribution in [-0.2, 0) is 19.3 Å². The minimum absolute atomic E-state index is 0.505. The standard InChI is InChI=1S/C12H16O/c1-3-9-4-5-10-7-12(2,13)8-11(10)6-9/h4-6,13H,3,7-8H2,1-2H3. The third-order valence-corrected chi connectivity index (χ3v) is 2.82. The number of aryl methyl sites for hydroxylation is 1. The molecular weight excluding hydrogens is 160 g/mol. The molecule has 0 aromatic heterocycles. The normalized spacial score (nSPS) is 26.1. The van der Waals surface area contributed by atoms with Crippen LogP contribution >= 0.6 is 0 Å². The van der Waals surface area contributed by atoms with Crippen molar-refractivity contribution in [3.05, 3.63) is 34.9 Å². The summed E-state index contributed by atoms with van der Waals surface area (Å²) in [5.74, 6) is 0. The number of hydrogen-bond donors (Lipinski definition) is 1. The summed E-state index contributed by atoms with van der Waals surface area (Å²) in [6, 6.07) is 6.56. The summed E-state index contributed by atoms with van der Waals surface area (Å²) < 4.78 is 0. The third kappa shape index (κ3) is 1.61. The van der Waals surface area contributed by atoms with Gasteiger partial charge in [0.15, 0.2) is 0 Å². The predicted octanol–water partition coefficient (Wildman–Crippen LogP) is 2.10. The molecule has 0 bridgehead atoms. The first kappa shape index (κ1) is 8.76. The van der Waals surface area contributed by atoms with Crippen molar-refractivity contribution < 1.29 is 5.11 Å². The Bertz CT molecular complexity index is 326. The molecule has 0 saturated heterocycles. The molecule has 1 N–H and O–H groups in total. The lowest BCUT2D eigenvalue weighted by Crippen LogP contribution is -2.23. The summed E-state index contributed by atoms with van der Waals surface area (Å²) in [6.45, 7) is 4.08. The molecule has 1 nitrogen and oxygen atoms in total. The summed E-state index contributed by atoms with van der Waals surface area (Å²) in [6.07, 6.45) is 2.71.